The van der Waals surface area contributed by atoms with Gasteiger partial charge in [-0.3, -0.25) is 0 Å². The highest BCUT2D eigenvalue weighted by atomic mass is 16.5. The number of hydrogen-bond acceptors (Lipinski definition) is 5. The van der Waals surface area contributed by atoms with Crippen molar-refractivity contribution in [1.29, 1.82) is 0 Å². The highest BCUT2D eigenvalue weighted by Gasteiger charge is 2.28. The van der Waals surface area contributed by atoms with Crippen molar-refractivity contribution in [2.45, 2.75) is 97.2 Å². The molecule has 0 amide bonds. The standard InChI is InChI=1S/2C9H18O3/c1-3-4-5-6-7-9(2,12)8(10)11;1-3-4-5-6-7-12-9(11)8(2)10/h12H,3-7H2,1-2H3,(H,10,11);8,10H,3-7H2,1-2H3. The molecule has 0 saturated carbocycles. The lowest BCUT2D eigenvalue weighted by molar-refractivity contribution is -0.157. The molecule has 0 rings (SSSR count). The Bertz CT molecular complexity index is 323. The van der Waals surface area contributed by atoms with Crippen LogP contribution in [-0.2, 0) is 14.3 Å². The van der Waals surface area contributed by atoms with Gasteiger partial charge >= 0.3 is 11.9 Å². The smallest absolute Gasteiger partial charge is 0.335 e. The number of aliphatic hydroxyl groups is 2. The first-order chi connectivity index (χ1) is 11.2. The predicted octanol–water partition coefficient (Wildman–Crippen LogP) is 3.28. The second-order valence-corrected chi connectivity index (χ2v) is 6.29. The summed E-state index contributed by atoms with van der Waals surface area (Å²) >= 11 is 0. The molecule has 3 N–H and O–H groups in total. The molecule has 0 aliphatic carbocycles. The quantitative estimate of drug-likeness (QED) is 0.369. The van der Waals surface area contributed by atoms with Crippen LogP contribution < -0.4 is 0 Å². The first-order valence-corrected chi connectivity index (χ1v) is 8.99. The summed E-state index contributed by atoms with van der Waals surface area (Å²) in [6.07, 6.45) is 7.70. The summed E-state index contributed by atoms with van der Waals surface area (Å²) in [6.45, 7) is 7.41. The number of carbonyl (C=O) groups is 2. The van der Waals surface area contributed by atoms with Gasteiger partial charge in [0, 0.05) is 0 Å². The molecule has 0 aromatic heterocycles. The molecule has 2 unspecified atom stereocenters. The Hall–Kier alpha value is -1.14. The number of ether oxygens (including phenoxy) is 1. The van der Waals surface area contributed by atoms with Gasteiger partial charge in [0.25, 0.3) is 0 Å². The van der Waals surface area contributed by atoms with Gasteiger partial charge in [0.05, 0.1) is 6.61 Å². The van der Waals surface area contributed by atoms with Crippen molar-refractivity contribution in [3.05, 3.63) is 0 Å². The highest BCUT2D eigenvalue weighted by Crippen LogP contribution is 2.14. The Balaban J connectivity index is 0. The van der Waals surface area contributed by atoms with E-state index in [1.807, 2.05) is 0 Å². The number of rotatable bonds is 12. The molecular formula is C18H36O6. The maximum atomic E-state index is 10.7. The monoisotopic (exact) mass is 348 g/mol. The molecule has 0 aliphatic rings. The molecule has 0 aliphatic heterocycles. The van der Waals surface area contributed by atoms with Crippen LogP contribution in [0.4, 0.5) is 0 Å². The SMILES string of the molecule is CCCCCCC(C)(O)C(=O)O.CCCCCCOC(=O)C(C)O. The largest absolute Gasteiger partial charge is 0.479 e. The number of carbonyl (C=O) groups excluding carboxylic acids is 1. The average Bonchev–Trinajstić information content (AvgIpc) is 2.51. The number of carboxylic acids is 1. The molecular weight excluding hydrogens is 312 g/mol. The van der Waals surface area contributed by atoms with Gasteiger partial charge in [0.2, 0.25) is 0 Å². The zero-order chi connectivity index (χ0) is 19.0. The number of aliphatic hydroxyl groups excluding tert-OH is 1. The fourth-order valence-corrected chi connectivity index (χ4v) is 1.83. The van der Waals surface area contributed by atoms with Gasteiger partial charge in [-0.05, 0) is 33.1 Å². The van der Waals surface area contributed by atoms with Crippen molar-refractivity contribution in [1.82, 2.24) is 0 Å². The molecule has 0 bridgehead atoms. The van der Waals surface area contributed by atoms with Crippen LogP contribution in [0.2, 0.25) is 0 Å². The summed E-state index contributed by atoms with van der Waals surface area (Å²) in [5, 5.41) is 26.6. The minimum Gasteiger partial charge on any atom is -0.479 e. The Morgan fingerprint density at radius 1 is 1.00 bits per heavy atom. The maximum Gasteiger partial charge on any atom is 0.335 e. The van der Waals surface area contributed by atoms with Gasteiger partial charge in [0.1, 0.15) is 6.10 Å². The summed E-state index contributed by atoms with van der Waals surface area (Å²) in [5.41, 5.74) is -1.53. The third kappa shape index (κ3) is 15.7. The lowest BCUT2D eigenvalue weighted by Crippen LogP contribution is -2.34. The van der Waals surface area contributed by atoms with Crippen LogP contribution >= 0.6 is 0 Å². The van der Waals surface area contributed by atoms with E-state index in [0.717, 1.165) is 38.5 Å². The lowest BCUT2D eigenvalue weighted by Gasteiger charge is -2.16. The van der Waals surface area contributed by atoms with E-state index in [1.54, 1.807) is 0 Å². The molecule has 6 nitrogen and oxygen atoms in total. The number of unbranched alkanes of at least 4 members (excludes halogenated alkanes) is 6. The van der Waals surface area contributed by atoms with E-state index in [9.17, 15) is 14.7 Å². The molecule has 0 aromatic carbocycles. The summed E-state index contributed by atoms with van der Waals surface area (Å²) in [7, 11) is 0. The van der Waals surface area contributed by atoms with E-state index >= 15 is 0 Å². The Morgan fingerprint density at radius 2 is 1.50 bits per heavy atom. The number of carboxylic acid groups (broad SMARTS) is 1. The molecule has 0 spiro atoms. The molecule has 0 radical (unpaired) electrons. The molecule has 0 saturated heterocycles. The van der Waals surface area contributed by atoms with E-state index in [2.05, 4.69) is 13.8 Å². The fourth-order valence-electron chi connectivity index (χ4n) is 1.83. The normalized spacial score (nSPS) is 14.1. The molecule has 144 valence electrons. The van der Waals surface area contributed by atoms with Crippen LogP contribution in [0, 0.1) is 0 Å². The van der Waals surface area contributed by atoms with Crippen LogP contribution in [0.1, 0.15) is 85.5 Å². The third-order valence-corrected chi connectivity index (χ3v) is 3.56. The fraction of sp³-hybridized carbons (Fsp3) is 0.889. The van der Waals surface area contributed by atoms with Gasteiger partial charge in [-0.1, -0.05) is 52.4 Å². The van der Waals surface area contributed by atoms with Crippen molar-refractivity contribution < 1.29 is 29.6 Å². The summed E-state index contributed by atoms with van der Waals surface area (Å²) < 4.78 is 4.76. The maximum absolute atomic E-state index is 10.7. The van der Waals surface area contributed by atoms with Crippen molar-refractivity contribution in [2.24, 2.45) is 0 Å². The van der Waals surface area contributed by atoms with Crippen LogP contribution in [0.3, 0.4) is 0 Å². The predicted molar refractivity (Wildman–Crippen MR) is 93.8 cm³/mol. The van der Waals surface area contributed by atoms with E-state index in [1.165, 1.54) is 26.7 Å². The third-order valence-electron chi connectivity index (χ3n) is 3.56. The zero-order valence-electron chi connectivity index (χ0n) is 15.7. The number of aliphatic carboxylic acids is 1. The Kier molecular flexibility index (Phi) is 16.1. The number of esters is 1. The summed E-state index contributed by atoms with van der Waals surface area (Å²) in [5.74, 6) is -1.65. The van der Waals surface area contributed by atoms with Crippen LogP contribution in [0.5, 0.6) is 0 Å². The van der Waals surface area contributed by atoms with Crippen molar-refractivity contribution in [2.75, 3.05) is 6.61 Å². The minimum atomic E-state index is -1.53. The second-order valence-electron chi connectivity index (χ2n) is 6.29. The van der Waals surface area contributed by atoms with Crippen molar-refractivity contribution in [3.8, 4) is 0 Å². The van der Waals surface area contributed by atoms with Crippen LogP contribution in [-0.4, -0.2) is 45.6 Å². The van der Waals surface area contributed by atoms with Crippen LogP contribution in [0.15, 0.2) is 0 Å². The molecule has 0 aromatic rings. The number of hydrogen-bond donors (Lipinski definition) is 3. The van der Waals surface area contributed by atoms with Crippen molar-refractivity contribution >= 4 is 11.9 Å². The molecule has 24 heavy (non-hydrogen) atoms. The van der Waals surface area contributed by atoms with E-state index < -0.39 is 23.6 Å². The van der Waals surface area contributed by atoms with E-state index in [4.69, 9.17) is 14.9 Å². The Labute approximate surface area is 146 Å². The van der Waals surface area contributed by atoms with E-state index in [0.29, 0.717) is 13.0 Å². The topological polar surface area (TPSA) is 104 Å². The van der Waals surface area contributed by atoms with Gasteiger partial charge in [-0.15, -0.1) is 0 Å². The minimum absolute atomic E-state index is 0.350. The van der Waals surface area contributed by atoms with E-state index in [-0.39, 0.29) is 0 Å². The summed E-state index contributed by atoms with van der Waals surface area (Å²) in [4.78, 5) is 21.1. The molecule has 2 atom stereocenters. The average molecular weight is 348 g/mol. The van der Waals surface area contributed by atoms with Crippen molar-refractivity contribution in [3.63, 3.8) is 0 Å². The van der Waals surface area contributed by atoms with Gasteiger partial charge < -0.3 is 20.1 Å². The second kappa shape index (κ2) is 15.4. The molecule has 0 fully saturated rings. The zero-order valence-corrected chi connectivity index (χ0v) is 15.7. The first kappa shape index (κ1) is 25.1. The Morgan fingerprint density at radius 3 is 1.92 bits per heavy atom. The van der Waals surface area contributed by atoms with Gasteiger partial charge in [-0.2, -0.15) is 0 Å². The van der Waals surface area contributed by atoms with Gasteiger partial charge in [-0.25, -0.2) is 9.59 Å². The molecule has 6 heteroatoms. The summed E-state index contributed by atoms with van der Waals surface area (Å²) in [6, 6.07) is 0. The highest BCUT2D eigenvalue weighted by molar-refractivity contribution is 5.76. The van der Waals surface area contributed by atoms with Crippen LogP contribution in [0.25, 0.3) is 0 Å². The lowest BCUT2D eigenvalue weighted by atomic mass is 9.98. The molecule has 0 heterocycles. The van der Waals surface area contributed by atoms with Gasteiger partial charge in [0.15, 0.2) is 5.60 Å². The first-order valence-electron chi connectivity index (χ1n) is 8.99.